The van der Waals surface area contributed by atoms with Gasteiger partial charge in [-0.05, 0) is 48.9 Å². The van der Waals surface area contributed by atoms with Gasteiger partial charge in [0.2, 0.25) is 0 Å². The Morgan fingerprint density at radius 2 is 1.64 bits per heavy atom. The van der Waals surface area contributed by atoms with Crippen LogP contribution >= 0.6 is 11.6 Å². The first kappa shape index (κ1) is 18.1. The van der Waals surface area contributed by atoms with E-state index in [0.29, 0.717) is 22.0 Å². The van der Waals surface area contributed by atoms with E-state index in [1.54, 1.807) is 31.2 Å². The molecule has 2 amide bonds. The number of nitrogens with zero attached hydrogens (tertiary/aromatic N) is 2. The summed E-state index contributed by atoms with van der Waals surface area (Å²) in [4.78, 5) is 33.6. The van der Waals surface area contributed by atoms with Gasteiger partial charge in [0.05, 0.1) is 10.6 Å². The lowest BCUT2D eigenvalue weighted by atomic mass is 10.1. The summed E-state index contributed by atoms with van der Waals surface area (Å²) in [6.45, 7) is 1.60. The van der Waals surface area contributed by atoms with Crippen LogP contribution in [-0.2, 0) is 9.59 Å². The Hall–Kier alpha value is -3.26. The highest BCUT2D eigenvalue weighted by Crippen LogP contribution is 2.13. The quantitative estimate of drug-likeness (QED) is 0.377. The fourth-order valence-electron chi connectivity index (χ4n) is 1.80. The molecule has 0 aliphatic carbocycles. The second kappa shape index (κ2) is 8.02. The Balaban J connectivity index is 1.96. The molecular weight excluding hydrogens is 348 g/mol. The van der Waals surface area contributed by atoms with Gasteiger partial charge in [0, 0.05) is 22.8 Å². The van der Waals surface area contributed by atoms with Gasteiger partial charge < -0.3 is 5.32 Å². The van der Waals surface area contributed by atoms with Gasteiger partial charge in [0.1, 0.15) is 0 Å². The molecule has 0 spiro atoms. The average molecular weight is 361 g/mol. The summed E-state index contributed by atoms with van der Waals surface area (Å²) in [5.41, 5.74) is 3.46. The predicted octanol–water partition coefficient (Wildman–Crippen LogP) is 2.73. The number of nitro groups is 1. The Bertz CT molecular complexity index is 832. The van der Waals surface area contributed by atoms with Crippen molar-refractivity contribution in [2.75, 3.05) is 5.32 Å². The first-order valence-corrected chi connectivity index (χ1v) is 7.40. The zero-order valence-electron chi connectivity index (χ0n) is 13.0. The highest BCUT2D eigenvalue weighted by Gasteiger charge is 2.13. The fraction of sp³-hybridized carbons (Fsp3) is 0.0625. The molecule has 0 radical (unpaired) electrons. The van der Waals surface area contributed by atoms with Crippen LogP contribution in [0.1, 0.15) is 12.5 Å². The van der Waals surface area contributed by atoms with Crippen LogP contribution < -0.4 is 10.7 Å². The Morgan fingerprint density at radius 3 is 2.20 bits per heavy atom. The van der Waals surface area contributed by atoms with E-state index in [0.717, 1.165) is 0 Å². The molecule has 2 N–H and O–H groups in total. The Morgan fingerprint density at radius 1 is 1.04 bits per heavy atom. The smallest absolute Gasteiger partial charge is 0.318 e. The number of anilines is 1. The molecule has 0 aromatic heterocycles. The number of amides is 2. The van der Waals surface area contributed by atoms with E-state index in [2.05, 4.69) is 15.8 Å². The molecule has 9 heteroatoms. The van der Waals surface area contributed by atoms with E-state index < -0.39 is 16.7 Å². The standard InChI is InChI=1S/C16H13ClN4O4/c1-10(11-2-8-14(9-3-11)21(24)25)19-20-16(23)15(22)18-13-6-4-12(17)5-7-13/h2-9H,1H3,(H,18,22)(H,20,23)/b19-10+. The molecule has 25 heavy (non-hydrogen) atoms. The predicted molar refractivity (Wildman–Crippen MR) is 93.5 cm³/mol. The number of hydrogen-bond donors (Lipinski definition) is 2. The van der Waals surface area contributed by atoms with Crippen LogP contribution in [0.3, 0.4) is 0 Å². The van der Waals surface area contributed by atoms with E-state index in [-0.39, 0.29) is 5.69 Å². The molecule has 0 aliphatic rings. The van der Waals surface area contributed by atoms with Crippen molar-refractivity contribution in [2.24, 2.45) is 5.10 Å². The van der Waals surface area contributed by atoms with Gasteiger partial charge in [-0.3, -0.25) is 19.7 Å². The van der Waals surface area contributed by atoms with Crippen molar-refractivity contribution in [3.8, 4) is 0 Å². The molecule has 0 saturated heterocycles. The molecule has 2 aromatic carbocycles. The number of benzene rings is 2. The number of carbonyl (C=O) groups is 2. The van der Waals surface area contributed by atoms with Crippen molar-refractivity contribution in [3.63, 3.8) is 0 Å². The second-order valence-corrected chi connectivity index (χ2v) is 5.34. The fourth-order valence-corrected chi connectivity index (χ4v) is 1.92. The number of hydrogen-bond acceptors (Lipinski definition) is 5. The molecule has 0 saturated carbocycles. The van der Waals surface area contributed by atoms with E-state index >= 15 is 0 Å². The minimum Gasteiger partial charge on any atom is -0.318 e. The molecular formula is C16H13ClN4O4. The number of nitro benzene ring substituents is 1. The van der Waals surface area contributed by atoms with Gasteiger partial charge >= 0.3 is 11.8 Å². The maximum atomic E-state index is 11.8. The summed E-state index contributed by atoms with van der Waals surface area (Å²) in [7, 11) is 0. The van der Waals surface area contributed by atoms with Gasteiger partial charge in [-0.2, -0.15) is 5.10 Å². The average Bonchev–Trinajstić information content (AvgIpc) is 2.61. The minimum absolute atomic E-state index is 0.0528. The SMILES string of the molecule is C/C(=N\NC(=O)C(=O)Nc1ccc(Cl)cc1)c1ccc([N+](=O)[O-])cc1. The summed E-state index contributed by atoms with van der Waals surface area (Å²) < 4.78 is 0. The summed E-state index contributed by atoms with van der Waals surface area (Å²) in [6, 6.07) is 11.9. The lowest BCUT2D eigenvalue weighted by Crippen LogP contribution is -2.32. The van der Waals surface area contributed by atoms with E-state index in [4.69, 9.17) is 11.6 Å². The van der Waals surface area contributed by atoms with Crippen LogP contribution in [0.5, 0.6) is 0 Å². The maximum absolute atomic E-state index is 11.8. The molecule has 2 aromatic rings. The molecule has 0 unspecified atom stereocenters. The first-order valence-electron chi connectivity index (χ1n) is 7.03. The van der Waals surface area contributed by atoms with Crippen LogP contribution in [0, 0.1) is 10.1 Å². The molecule has 0 heterocycles. The van der Waals surface area contributed by atoms with Crippen LogP contribution in [0.25, 0.3) is 0 Å². The lowest BCUT2D eigenvalue weighted by molar-refractivity contribution is -0.384. The van der Waals surface area contributed by atoms with Gasteiger partial charge in [-0.1, -0.05) is 11.6 Å². The monoisotopic (exact) mass is 360 g/mol. The molecule has 0 bridgehead atoms. The van der Waals surface area contributed by atoms with Crippen LogP contribution in [0.15, 0.2) is 53.6 Å². The summed E-state index contributed by atoms with van der Waals surface area (Å²) in [6.07, 6.45) is 0. The molecule has 8 nitrogen and oxygen atoms in total. The number of halogens is 1. The Labute approximate surface area is 147 Å². The molecule has 0 aliphatic heterocycles. The summed E-state index contributed by atoms with van der Waals surface area (Å²) in [5, 5.41) is 17.3. The van der Waals surface area contributed by atoms with Gasteiger partial charge in [0.15, 0.2) is 0 Å². The van der Waals surface area contributed by atoms with Crippen molar-refractivity contribution in [3.05, 3.63) is 69.2 Å². The van der Waals surface area contributed by atoms with Gasteiger partial charge in [-0.25, -0.2) is 5.43 Å². The van der Waals surface area contributed by atoms with Gasteiger partial charge in [0.25, 0.3) is 5.69 Å². The second-order valence-electron chi connectivity index (χ2n) is 4.90. The molecule has 0 fully saturated rings. The van der Waals surface area contributed by atoms with Crippen molar-refractivity contribution >= 4 is 40.5 Å². The largest absolute Gasteiger partial charge is 0.329 e. The lowest BCUT2D eigenvalue weighted by Gasteiger charge is -2.05. The number of nitrogens with one attached hydrogen (secondary N) is 2. The van der Waals surface area contributed by atoms with E-state index in [1.165, 1.54) is 24.3 Å². The maximum Gasteiger partial charge on any atom is 0.329 e. The highest BCUT2D eigenvalue weighted by atomic mass is 35.5. The van der Waals surface area contributed by atoms with Crippen molar-refractivity contribution < 1.29 is 14.5 Å². The third-order valence-electron chi connectivity index (χ3n) is 3.13. The highest BCUT2D eigenvalue weighted by molar-refractivity contribution is 6.39. The van der Waals surface area contributed by atoms with Crippen LogP contribution in [0.2, 0.25) is 5.02 Å². The zero-order valence-corrected chi connectivity index (χ0v) is 13.8. The molecule has 2 rings (SSSR count). The van der Waals surface area contributed by atoms with Crippen molar-refractivity contribution in [1.82, 2.24) is 5.43 Å². The zero-order chi connectivity index (χ0) is 18.4. The topological polar surface area (TPSA) is 114 Å². The van der Waals surface area contributed by atoms with E-state index in [9.17, 15) is 19.7 Å². The Kier molecular flexibility index (Phi) is 5.80. The third kappa shape index (κ3) is 5.11. The molecule has 0 atom stereocenters. The summed E-state index contributed by atoms with van der Waals surface area (Å²) >= 11 is 5.73. The van der Waals surface area contributed by atoms with Crippen LogP contribution in [0.4, 0.5) is 11.4 Å². The normalized spacial score (nSPS) is 10.9. The number of carbonyl (C=O) groups excluding carboxylic acids is 2. The number of rotatable bonds is 4. The van der Waals surface area contributed by atoms with Crippen molar-refractivity contribution in [2.45, 2.75) is 6.92 Å². The minimum atomic E-state index is -0.948. The van der Waals surface area contributed by atoms with E-state index in [1.807, 2.05) is 0 Å². The number of non-ortho nitro benzene ring substituents is 1. The van der Waals surface area contributed by atoms with Crippen molar-refractivity contribution in [1.29, 1.82) is 0 Å². The van der Waals surface area contributed by atoms with Gasteiger partial charge in [-0.15, -0.1) is 0 Å². The number of hydrazone groups is 1. The molecule has 128 valence electrons. The van der Waals surface area contributed by atoms with Crippen LogP contribution in [-0.4, -0.2) is 22.4 Å². The summed E-state index contributed by atoms with van der Waals surface area (Å²) in [5.74, 6) is -1.83. The first-order chi connectivity index (χ1) is 11.9. The third-order valence-corrected chi connectivity index (χ3v) is 3.38.